The summed E-state index contributed by atoms with van der Waals surface area (Å²) >= 11 is 1.29. The Morgan fingerprint density at radius 1 is 1.36 bits per heavy atom. The molecule has 0 saturated heterocycles. The quantitative estimate of drug-likeness (QED) is 0.775. The number of carbonyl (C=O) groups excluding carboxylic acids is 1. The van der Waals surface area contributed by atoms with E-state index >= 15 is 0 Å². The van der Waals surface area contributed by atoms with Crippen molar-refractivity contribution in [3.8, 4) is 0 Å². The van der Waals surface area contributed by atoms with Crippen molar-refractivity contribution in [2.45, 2.75) is 49.6 Å². The molecule has 0 radical (unpaired) electrons. The minimum atomic E-state index is -3.61. The first-order valence-electron chi connectivity index (χ1n) is 8.37. The second kappa shape index (κ2) is 7.41. The van der Waals surface area contributed by atoms with Crippen LogP contribution in [-0.4, -0.2) is 33.1 Å². The summed E-state index contributed by atoms with van der Waals surface area (Å²) < 4.78 is 33.9. The Labute approximate surface area is 151 Å². The number of ether oxygens (including phenoxy) is 1. The maximum atomic E-state index is 12.7. The molecule has 1 aliphatic carbocycles. The number of hydrogen-bond donors (Lipinski definition) is 2. The van der Waals surface area contributed by atoms with Crippen molar-refractivity contribution in [2.75, 3.05) is 6.61 Å². The molecule has 8 heteroatoms. The van der Waals surface area contributed by atoms with Gasteiger partial charge >= 0.3 is 5.97 Å². The summed E-state index contributed by atoms with van der Waals surface area (Å²) in [7, 11) is -3.61. The fourth-order valence-electron chi connectivity index (χ4n) is 3.11. The third-order valence-corrected chi connectivity index (χ3v) is 6.93. The van der Waals surface area contributed by atoms with Gasteiger partial charge in [0.25, 0.3) is 0 Å². The van der Waals surface area contributed by atoms with E-state index in [-0.39, 0.29) is 22.9 Å². The van der Waals surface area contributed by atoms with Gasteiger partial charge in [-0.1, -0.05) is 6.42 Å². The van der Waals surface area contributed by atoms with Crippen molar-refractivity contribution >= 4 is 37.4 Å². The van der Waals surface area contributed by atoms with E-state index < -0.39 is 10.0 Å². The number of nitrogens with two attached hydrogens (primary N) is 1. The van der Waals surface area contributed by atoms with E-state index in [9.17, 15) is 13.2 Å². The van der Waals surface area contributed by atoms with Gasteiger partial charge in [0.2, 0.25) is 10.0 Å². The minimum Gasteiger partial charge on any atom is -0.462 e. The highest BCUT2D eigenvalue weighted by Gasteiger charge is 2.25. The smallest absolute Gasteiger partial charge is 0.348 e. The second-order valence-corrected chi connectivity index (χ2v) is 9.07. The van der Waals surface area contributed by atoms with Gasteiger partial charge in [-0.05, 0) is 55.8 Å². The molecule has 0 aliphatic heterocycles. The predicted octanol–water partition coefficient (Wildman–Crippen LogP) is 2.63. The third kappa shape index (κ3) is 4.20. The maximum Gasteiger partial charge on any atom is 0.348 e. The van der Waals surface area contributed by atoms with Gasteiger partial charge in [0.05, 0.1) is 11.5 Å². The first kappa shape index (κ1) is 18.3. The van der Waals surface area contributed by atoms with E-state index in [2.05, 4.69) is 4.72 Å². The van der Waals surface area contributed by atoms with Crippen molar-refractivity contribution in [1.82, 2.24) is 4.72 Å². The summed E-state index contributed by atoms with van der Waals surface area (Å²) in [5.74, 6) is -0.387. The zero-order chi connectivity index (χ0) is 18.0. The predicted molar refractivity (Wildman–Crippen MR) is 98.3 cm³/mol. The van der Waals surface area contributed by atoms with Crippen LogP contribution in [0.1, 0.15) is 42.3 Å². The summed E-state index contributed by atoms with van der Waals surface area (Å²) in [5.41, 5.74) is 5.94. The number of esters is 1. The number of thiophene rings is 1. The van der Waals surface area contributed by atoms with Crippen LogP contribution in [0.5, 0.6) is 0 Å². The molecular formula is C17H22N2O4S2. The van der Waals surface area contributed by atoms with Crippen LogP contribution in [0.3, 0.4) is 0 Å². The molecule has 0 bridgehead atoms. The lowest BCUT2D eigenvalue weighted by Gasteiger charge is -2.27. The topological polar surface area (TPSA) is 98.5 Å². The molecule has 3 rings (SSSR count). The standard InChI is InChI=1S/C17H22N2O4S2/c1-2-23-17(20)16-9-11-8-14(6-7-15(11)24-16)25(21,22)19-13-5-3-4-12(18)10-13/h6-9,12-13,19H,2-5,10,18H2,1H3. The van der Waals surface area contributed by atoms with Crippen LogP contribution in [0, 0.1) is 0 Å². The van der Waals surface area contributed by atoms with Gasteiger partial charge < -0.3 is 10.5 Å². The molecule has 1 aromatic heterocycles. The van der Waals surface area contributed by atoms with Gasteiger partial charge in [-0.2, -0.15) is 0 Å². The molecule has 3 N–H and O–H groups in total. The van der Waals surface area contributed by atoms with Gasteiger partial charge in [0, 0.05) is 16.8 Å². The van der Waals surface area contributed by atoms with Crippen molar-refractivity contribution in [3.05, 3.63) is 29.1 Å². The average molecular weight is 383 g/mol. The van der Waals surface area contributed by atoms with Gasteiger partial charge in [-0.25, -0.2) is 17.9 Å². The van der Waals surface area contributed by atoms with E-state index in [4.69, 9.17) is 10.5 Å². The SMILES string of the molecule is CCOC(=O)c1cc2cc(S(=O)(=O)NC3CCCC(N)C3)ccc2s1. The molecular weight excluding hydrogens is 360 g/mol. The molecule has 0 spiro atoms. The molecule has 25 heavy (non-hydrogen) atoms. The van der Waals surface area contributed by atoms with Crippen LogP contribution < -0.4 is 10.5 Å². The Hall–Kier alpha value is -1.48. The Bertz CT molecular complexity index is 876. The second-order valence-electron chi connectivity index (χ2n) is 6.28. The van der Waals surface area contributed by atoms with Crippen LogP contribution in [-0.2, 0) is 14.8 Å². The highest BCUT2D eigenvalue weighted by Crippen LogP contribution is 2.29. The van der Waals surface area contributed by atoms with Gasteiger partial charge in [-0.15, -0.1) is 11.3 Å². The zero-order valence-corrected chi connectivity index (χ0v) is 15.7. The number of fused-ring (bicyclic) bond motifs is 1. The van der Waals surface area contributed by atoms with Crippen LogP contribution in [0.25, 0.3) is 10.1 Å². The van der Waals surface area contributed by atoms with Gasteiger partial charge in [0.1, 0.15) is 4.88 Å². The van der Waals surface area contributed by atoms with E-state index in [1.54, 1.807) is 31.2 Å². The highest BCUT2D eigenvalue weighted by atomic mass is 32.2. The molecule has 136 valence electrons. The normalized spacial score (nSPS) is 21.4. The maximum absolute atomic E-state index is 12.7. The lowest BCUT2D eigenvalue weighted by Crippen LogP contribution is -2.42. The summed E-state index contributed by atoms with van der Waals surface area (Å²) in [6.45, 7) is 2.05. The summed E-state index contributed by atoms with van der Waals surface area (Å²) in [4.78, 5) is 12.5. The summed E-state index contributed by atoms with van der Waals surface area (Å²) in [6, 6.07) is 6.49. The fraction of sp³-hybridized carbons (Fsp3) is 0.471. The third-order valence-electron chi connectivity index (χ3n) is 4.31. The molecule has 1 aliphatic rings. The molecule has 1 heterocycles. The highest BCUT2D eigenvalue weighted by molar-refractivity contribution is 7.89. The van der Waals surface area contributed by atoms with Gasteiger partial charge in [-0.3, -0.25) is 0 Å². The van der Waals surface area contributed by atoms with E-state index in [1.807, 2.05) is 0 Å². The Kier molecular flexibility index (Phi) is 5.43. The molecule has 1 saturated carbocycles. The average Bonchev–Trinajstić information content (AvgIpc) is 2.98. The number of nitrogens with one attached hydrogen (secondary N) is 1. The Morgan fingerprint density at radius 3 is 2.88 bits per heavy atom. The van der Waals surface area contributed by atoms with Crippen LogP contribution >= 0.6 is 11.3 Å². The van der Waals surface area contributed by atoms with E-state index in [1.165, 1.54) is 11.3 Å². The van der Waals surface area contributed by atoms with Crippen molar-refractivity contribution < 1.29 is 17.9 Å². The molecule has 2 atom stereocenters. The van der Waals surface area contributed by atoms with Crippen molar-refractivity contribution in [1.29, 1.82) is 0 Å². The van der Waals surface area contributed by atoms with E-state index in [0.29, 0.717) is 17.9 Å². The monoisotopic (exact) mass is 382 g/mol. The molecule has 0 amide bonds. The molecule has 1 aromatic carbocycles. The van der Waals surface area contributed by atoms with Crippen molar-refractivity contribution in [3.63, 3.8) is 0 Å². The van der Waals surface area contributed by atoms with Crippen LogP contribution in [0.15, 0.2) is 29.2 Å². The first-order chi connectivity index (χ1) is 11.9. The van der Waals surface area contributed by atoms with Crippen LogP contribution in [0.2, 0.25) is 0 Å². The number of rotatable bonds is 5. The Morgan fingerprint density at radius 2 is 2.16 bits per heavy atom. The number of sulfonamides is 1. The molecule has 1 fully saturated rings. The first-order valence-corrected chi connectivity index (χ1v) is 10.7. The van der Waals surface area contributed by atoms with E-state index in [0.717, 1.165) is 29.3 Å². The minimum absolute atomic E-state index is 0.0490. The van der Waals surface area contributed by atoms with Crippen LogP contribution in [0.4, 0.5) is 0 Å². The largest absolute Gasteiger partial charge is 0.462 e. The number of benzene rings is 1. The Balaban J connectivity index is 1.83. The summed E-state index contributed by atoms with van der Waals surface area (Å²) in [5, 5.41) is 0.719. The van der Waals surface area contributed by atoms with Gasteiger partial charge in [0.15, 0.2) is 0 Å². The molecule has 2 unspecified atom stereocenters. The zero-order valence-electron chi connectivity index (χ0n) is 14.0. The number of hydrogen-bond acceptors (Lipinski definition) is 6. The van der Waals surface area contributed by atoms with Crippen molar-refractivity contribution in [2.24, 2.45) is 5.73 Å². The fourth-order valence-corrected chi connectivity index (χ4v) is 5.37. The lowest BCUT2D eigenvalue weighted by molar-refractivity contribution is 0.0532. The number of carbonyl (C=O) groups is 1. The molecule has 2 aromatic rings. The molecule has 6 nitrogen and oxygen atoms in total. The summed E-state index contributed by atoms with van der Waals surface area (Å²) in [6.07, 6.45) is 3.34. The lowest BCUT2D eigenvalue weighted by atomic mass is 9.92.